The Labute approximate surface area is 78.6 Å². The van der Waals surface area contributed by atoms with Crippen molar-refractivity contribution in [2.45, 2.75) is 26.5 Å². The Bertz CT molecular complexity index is 284. The van der Waals surface area contributed by atoms with Gasteiger partial charge in [0.25, 0.3) is 0 Å². The van der Waals surface area contributed by atoms with Crippen molar-refractivity contribution in [2.75, 3.05) is 11.1 Å². The third-order valence-electron chi connectivity index (χ3n) is 1.87. The monoisotopic (exact) mass is 180 g/mol. The molecule has 0 saturated carbocycles. The minimum Gasteiger partial charge on any atom is -0.399 e. The minimum absolute atomic E-state index is 0.533. The van der Waals surface area contributed by atoms with Gasteiger partial charge in [-0.3, -0.25) is 0 Å². The summed E-state index contributed by atoms with van der Waals surface area (Å²) >= 11 is 0. The highest BCUT2D eigenvalue weighted by Gasteiger charge is 2.02. The summed E-state index contributed by atoms with van der Waals surface area (Å²) in [6.07, 6.45) is 0.369. The molecule has 4 N–H and O–H groups in total. The molecule has 1 rings (SSSR count). The van der Waals surface area contributed by atoms with Crippen LogP contribution >= 0.6 is 0 Å². The molecular formula is C10H16N2O. The highest BCUT2D eigenvalue weighted by atomic mass is 16.3. The smallest absolute Gasteiger partial charge is 0.121 e. The van der Waals surface area contributed by atoms with Crippen molar-refractivity contribution >= 4 is 11.4 Å². The van der Waals surface area contributed by atoms with Crippen LogP contribution in [0.2, 0.25) is 0 Å². The van der Waals surface area contributed by atoms with Gasteiger partial charge in [0, 0.05) is 11.4 Å². The lowest BCUT2D eigenvalue weighted by molar-refractivity contribution is 0.224. The van der Waals surface area contributed by atoms with Gasteiger partial charge in [-0.25, -0.2) is 0 Å². The number of nitrogens with one attached hydrogen (secondary N) is 1. The summed E-state index contributed by atoms with van der Waals surface area (Å²) in [7, 11) is 0. The van der Waals surface area contributed by atoms with Crippen LogP contribution in [0, 0.1) is 0 Å². The van der Waals surface area contributed by atoms with Crippen molar-refractivity contribution in [2.24, 2.45) is 0 Å². The Hall–Kier alpha value is -1.22. The Morgan fingerprint density at radius 2 is 2.23 bits per heavy atom. The summed E-state index contributed by atoms with van der Waals surface area (Å²) in [4.78, 5) is 0. The van der Waals surface area contributed by atoms with E-state index in [0.29, 0.717) is 0 Å². The molecule has 3 heteroatoms. The van der Waals surface area contributed by atoms with Crippen LogP contribution in [0.4, 0.5) is 11.4 Å². The van der Waals surface area contributed by atoms with Gasteiger partial charge < -0.3 is 16.2 Å². The highest BCUT2D eigenvalue weighted by molar-refractivity contribution is 5.58. The van der Waals surface area contributed by atoms with Gasteiger partial charge in [-0.1, -0.05) is 6.92 Å². The molecule has 0 spiro atoms. The average molecular weight is 180 g/mol. The molecule has 0 heterocycles. The zero-order valence-electron chi connectivity index (χ0n) is 8.04. The number of anilines is 2. The average Bonchev–Trinajstić information content (AvgIpc) is 2.07. The van der Waals surface area contributed by atoms with Crippen molar-refractivity contribution in [1.29, 1.82) is 0 Å². The zero-order valence-corrected chi connectivity index (χ0v) is 8.04. The summed E-state index contributed by atoms with van der Waals surface area (Å²) in [5.74, 6) is 0. The van der Waals surface area contributed by atoms with Gasteiger partial charge in [0.1, 0.15) is 6.23 Å². The van der Waals surface area contributed by atoms with E-state index in [0.717, 1.165) is 23.4 Å². The van der Waals surface area contributed by atoms with E-state index in [4.69, 9.17) is 10.8 Å². The van der Waals surface area contributed by atoms with Crippen LogP contribution in [0.15, 0.2) is 18.2 Å². The number of aliphatic hydroxyl groups is 1. The predicted octanol–water partition coefficient (Wildman–Crippen LogP) is 1.58. The minimum atomic E-state index is -0.533. The zero-order chi connectivity index (χ0) is 9.84. The number of benzene rings is 1. The van der Waals surface area contributed by atoms with Crippen LogP contribution in [0.3, 0.4) is 0 Å². The van der Waals surface area contributed by atoms with Crippen LogP contribution in [0.1, 0.15) is 19.4 Å². The normalized spacial score (nSPS) is 12.5. The molecule has 1 unspecified atom stereocenters. The van der Waals surface area contributed by atoms with Crippen molar-refractivity contribution in [3.05, 3.63) is 23.8 Å². The molecule has 1 atom stereocenters. The van der Waals surface area contributed by atoms with Crippen molar-refractivity contribution < 1.29 is 5.11 Å². The maximum atomic E-state index is 9.15. The molecule has 0 aromatic heterocycles. The third kappa shape index (κ3) is 2.63. The van der Waals surface area contributed by atoms with Crippen LogP contribution in [-0.2, 0) is 6.42 Å². The molecule has 13 heavy (non-hydrogen) atoms. The fourth-order valence-electron chi connectivity index (χ4n) is 1.27. The topological polar surface area (TPSA) is 58.3 Å². The number of aryl methyl sites for hydroxylation is 1. The lowest BCUT2D eigenvalue weighted by atomic mass is 10.1. The van der Waals surface area contributed by atoms with Crippen LogP contribution in [0.5, 0.6) is 0 Å². The van der Waals surface area contributed by atoms with E-state index < -0.39 is 6.23 Å². The van der Waals surface area contributed by atoms with E-state index in [9.17, 15) is 0 Å². The molecule has 72 valence electrons. The van der Waals surface area contributed by atoms with Crippen molar-refractivity contribution in [1.82, 2.24) is 0 Å². The maximum Gasteiger partial charge on any atom is 0.121 e. The van der Waals surface area contributed by atoms with Gasteiger partial charge in [0.05, 0.1) is 0 Å². The second kappa shape index (κ2) is 4.14. The predicted molar refractivity (Wildman–Crippen MR) is 55.5 cm³/mol. The van der Waals surface area contributed by atoms with Gasteiger partial charge in [0.2, 0.25) is 0 Å². The first kappa shape index (κ1) is 9.86. The molecule has 1 aromatic rings. The second-order valence-electron chi connectivity index (χ2n) is 3.09. The first-order valence-corrected chi connectivity index (χ1v) is 4.46. The summed E-state index contributed by atoms with van der Waals surface area (Å²) in [6.45, 7) is 3.75. The molecule has 0 fully saturated rings. The SMILES string of the molecule is CCc1cc(N)ccc1NC(C)O. The number of hydrogen-bond acceptors (Lipinski definition) is 3. The summed E-state index contributed by atoms with van der Waals surface area (Å²) in [5.41, 5.74) is 8.48. The first-order valence-electron chi connectivity index (χ1n) is 4.46. The molecule has 0 saturated heterocycles. The van der Waals surface area contributed by atoms with E-state index in [2.05, 4.69) is 12.2 Å². The Kier molecular flexibility index (Phi) is 3.14. The lowest BCUT2D eigenvalue weighted by Crippen LogP contribution is -2.14. The number of nitrogen functional groups attached to an aromatic ring is 1. The first-order chi connectivity index (χ1) is 6.13. The summed E-state index contributed by atoms with van der Waals surface area (Å²) in [5, 5.41) is 12.1. The van der Waals surface area contributed by atoms with Crippen molar-refractivity contribution in [3.8, 4) is 0 Å². The molecule has 1 aromatic carbocycles. The van der Waals surface area contributed by atoms with Crippen LogP contribution in [-0.4, -0.2) is 11.3 Å². The van der Waals surface area contributed by atoms with Gasteiger partial charge in [0.15, 0.2) is 0 Å². The number of aliphatic hydroxyl groups excluding tert-OH is 1. The van der Waals surface area contributed by atoms with Crippen LogP contribution < -0.4 is 11.1 Å². The molecule has 0 bridgehead atoms. The summed E-state index contributed by atoms with van der Waals surface area (Å²) in [6, 6.07) is 5.63. The van der Waals surface area contributed by atoms with Gasteiger partial charge >= 0.3 is 0 Å². The van der Waals surface area contributed by atoms with Gasteiger partial charge in [-0.15, -0.1) is 0 Å². The molecule has 0 aliphatic rings. The van der Waals surface area contributed by atoms with Crippen LogP contribution in [0.25, 0.3) is 0 Å². The van der Waals surface area contributed by atoms with E-state index in [1.165, 1.54) is 0 Å². The van der Waals surface area contributed by atoms with E-state index >= 15 is 0 Å². The molecule has 0 amide bonds. The van der Waals surface area contributed by atoms with E-state index in [-0.39, 0.29) is 0 Å². The molecule has 0 radical (unpaired) electrons. The van der Waals surface area contributed by atoms with Gasteiger partial charge in [-0.05, 0) is 37.1 Å². The van der Waals surface area contributed by atoms with E-state index in [1.807, 2.05) is 18.2 Å². The number of nitrogens with two attached hydrogens (primary N) is 1. The molecule has 3 nitrogen and oxygen atoms in total. The Balaban J connectivity index is 2.92. The Morgan fingerprint density at radius 1 is 1.54 bits per heavy atom. The fraction of sp³-hybridized carbons (Fsp3) is 0.400. The van der Waals surface area contributed by atoms with Gasteiger partial charge in [-0.2, -0.15) is 0 Å². The Morgan fingerprint density at radius 3 is 2.77 bits per heavy atom. The largest absolute Gasteiger partial charge is 0.399 e. The molecular weight excluding hydrogens is 164 g/mol. The van der Waals surface area contributed by atoms with Crippen molar-refractivity contribution in [3.63, 3.8) is 0 Å². The maximum absolute atomic E-state index is 9.15. The fourth-order valence-corrected chi connectivity index (χ4v) is 1.27. The third-order valence-corrected chi connectivity index (χ3v) is 1.87. The second-order valence-corrected chi connectivity index (χ2v) is 3.09. The summed E-state index contributed by atoms with van der Waals surface area (Å²) < 4.78 is 0. The molecule has 0 aliphatic heterocycles. The van der Waals surface area contributed by atoms with E-state index in [1.54, 1.807) is 6.92 Å². The number of rotatable bonds is 3. The highest BCUT2D eigenvalue weighted by Crippen LogP contribution is 2.19. The molecule has 0 aliphatic carbocycles. The quantitative estimate of drug-likeness (QED) is 0.489. The number of hydrogen-bond donors (Lipinski definition) is 3. The lowest BCUT2D eigenvalue weighted by Gasteiger charge is -2.13. The standard InChI is InChI=1S/C10H16N2O/c1-3-8-6-9(11)4-5-10(8)12-7(2)13/h4-7,12-13H,3,11H2,1-2H3.